The number of ether oxygens (including phenoxy) is 2. The fraction of sp³-hybridized carbons (Fsp3) is 0.842. The Hall–Kier alpha value is -1.58. The first-order valence-electron chi connectivity index (χ1n) is 18.4. The van der Waals surface area contributed by atoms with Crippen molar-refractivity contribution in [2.45, 2.75) is 206 Å². The van der Waals surface area contributed by atoms with E-state index in [2.05, 4.69) is 13.8 Å². The second-order valence-corrected chi connectivity index (χ2v) is 12.3. The van der Waals surface area contributed by atoms with Crippen LogP contribution in [0.3, 0.4) is 0 Å². The van der Waals surface area contributed by atoms with Gasteiger partial charge in [-0.3, -0.25) is 9.59 Å². The molecule has 0 amide bonds. The van der Waals surface area contributed by atoms with E-state index in [0.717, 1.165) is 25.7 Å². The Morgan fingerprint density at radius 1 is 0.381 bits per heavy atom. The van der Waals surface area contributed by atoms with Crippen molar-refractivity contribution in [3.05, 3.63) is 24.7 Å². The lowest BCUT2D eigenvalue weighted by molar-refractivity contribution is -0.140. The highest BCUT2D eigenvalue weighted by molar-refractivity contribution is 5.71. The lowest BCUT2D eigenvalue weighted by Crippen LogP contribution is -2.02. The van der Waals surface area contributed by atoms with Gasteiger partial charge in [0.05, 0.1) is 12.5 Å². The summed E-state index contributed by atoms with van der Waals surface area (Å²) in [7, 11) is 0. The minimum Gasteiger partial charge on any atom is -0.435 e. The lowest BCUT2D eigenvalue weighted by atomic mass is 10.0. The number of carbonyl (C=O) groups excluding carboxylic acids is 2. The first kappa shape index (κ1) is 40.4. The summed E-state index contributed by atoms with van der Waals surface area (Å²) in [6, 6.07) is 0. The Bertz CT molecular complexity index is 571. The molecule has 42 heavy (non-hydrogen) atoms. The van der Waals surface area contributed by atoms with Gasteiger partial charge in [0.25, 0.3) is 0 Å². The molecule has 0 rings (SSSR count). The second-order valence-electron chi connectivity index (χ2n) is 12.3. The van der Waals surface area contributed by atoms with Crippen LogP contribution in [0.15, 0.2) is 24.7 Å². The Balaban J connectivity index is 3.38. The van der Waals surface area contributed by atoms with Crippen molar-refractivity contribution in [3.8, 4) is 0 Å². The molecule has 0 aliphatic rings. The average Bonchev–Trinajstić information content (AvgIpc) is 2.99. The summed E-state index contributed by atoms with van der Waals surface area (Å²) >= 11 is 0. The van der Waals surface area contributed by atoms with Crippen molar-refractivity contribution in [3.63, 3.8) is 0 Å². The minimum absolute atomic E-state index is 0.225. The van der Waals surface area contributed by atoms with Crippen LogP contribution in [0.2, 0.25) is 0 Å². The molecular weight excluding hydrogens is 520 g/mol. The quantitative estimate of drug-likeness (QED) is 0.0433. The third-order valence-electron chi connectivity index (χ3n) is 8.05. The molecule has 0 bridgehead atoms. The molecule has 0 fully saturated rings. The molecule has 0 N–H and O–H groups in total. The number of esters is 2. The SMILES string of the molecule is CCCCCCCCCCCCCCC=COC(=O)CCCCC(=O)OC=CCCCCCCCCCCCCCC. The van der Waals surface area contributed by atoms with Gasteiger partial charge in [0.15, 0.2) is 0 Å². The zero-order chi connectivity index (χ0) is 30.6. The summed E-state index contributed by atoms with van der Waals surface area (Å²) in [6.07, 6.45) is 43.2. The topological polar surface area (TPSA) is 52.6 Å². The molecule has 0 saturated carbocycles. The van der Waals surface area contributed by atoms with E-state index in [4.69, 9.17) is 9.47 Å². The van der Waals surface area contributed by atoms with Crippen molar-refractivity contribution in [2.24, 2.45) is 0 Å². The van der Waals surface area contributed by atoms with Crippen LogP contribution in [0, 0.1) is 0 Å². The van der Waals surface area contributed by atoms with E-state index in [1.54, 1.807) is 0 Å². The molecule has 4 heteroatoms. The molecule has 0 aromatic rings. The molecule has 0 spiro atoms. The minimum atomic E-state index is -0.225. The van der Waals surface area contributed by atoms with Crippen LogP contribution in [0.25, 0.3) is 0 Å². The van der Waals surface area contributed by atoms with Gasteiger partial charge in [-0.1, -0.05) is 155 Å². The molecule has 0 saturated heterocycles. The first-order chi connectivity index (χ1) is 20.7. The van der Waals surface area contributed by atoms with E-state index in [1.807, 2.05) is 12.2 Å². The zero-order valence-corrected chi connectivity index (χ0v) is 28.2. The summed E-state index contributed by atoms with van der Waals surface area (Å²) < 4.78 is 10.3. The zero-order valence-electron chi connectivity index (χ0n) is 28.2. The molecule has 0 aliphatic carbocycles. The molecule has 246 valence electrons. The van der Waals surface area contributed by atoms with Gasteiger partial charge >= 0.3 is 11.9 Å². The molecule has 0 atom stereocenters. The number of allylic oxidation sites excluding steroid dienone is 2. The van der Waals surface area contributed by atoms with E-state index in [-0.39, 0.29) is 11.9 Å². The fourth-order valence-electron chi connectivity index (χ4n) is 5.25. The van der Waals surface area contributed by atoms with Crippen LogP contribution in [-0.2, 0) is 19.1 Å². The molecule has 0 radical (unpaired) electrons. The summed E-state index contributed by atoms with van der Waals surface area (Å²) in [5, 5.41) is 0. The van der Waals surface area contributed by atoms with Gasteiger partial charge in [-0.25, -0.2) is 0 Å². The van der Waals surface area contributed by atoms with Gasteiger partial charge in [0, 0.05) is 12.8 Å². The van der Waals surface area contributed by atoms with Crippen molar-refractivity contribution in [1.29, 1.82) is 0 Å². The summed E-state index contributed by atoms with van der Waals surface area (Å²) in [4.78, 5) is 23.7. The maximum absolute atomic E-state index is 11.8. The second kappa shape index (κ2) is 35.6. The van der Waals surface area contributed by atoms with Crippen molar-refractivity contribution in [2.75, 3.05) is 0 Å². The number of rotatable bonds is 33. The predicted molar refractivity (Wildman–Crippen MR) is 180 cm³/mol. The molecule has 0 aromatic heterocycles. The van der Waals surface area contributed by atoms with Crippen LogP contribution in [-0.4, -0.2) is 11.9 Å². The Kier molecular flexibility index (Phi) is 34.3. The van der Waals surface area contributed by atoms with Gasteiger partial charge in [-0.05, 0) is 50.7 Å². The number of unbranched alkanes of at least 4 members (excludes halogenated alkanes) is 25. The van der Waals surface area contributed by atoms with Crippen molar-refractivity contribution < 1.29 is 19.1 Å². The van der Waals surface area contributed by atoms with Gasteiger partial charge in [-0.15, -0.1) is 0 Å². The van der Waals surface area contributed by atoms with E-state index < -0.39 is 0 Å². The third kappa shape index (κ3) is 34.6. The van der Waals surface area contributed by atoms with Crippen molar-refractivity contribution >= 4 is 11.9 Å². The molecule has 0 unspecified atom stereocenters. The predicted octanol–water partition coefficient (Wildman–Crippen LogP) is 12.8. The van der Waals surface area contributed by atoms with E-state index in [1.165, 1.54) is 154 Å². The molecular formula is C38H70O4. The van der Waals surface area contributed by atoms with Gasteiger partial charge < -0.3 is 9.47 Å². The maximum Gasteiger partial charge on any atom is 0.310 e. The van der Waals surface area contributed by atoms with E-state index in [9.17, 15) is 9.59 Å². The monoisotopic (exact) mass is 591 g/mol. The van der Waals surface area contributed by atoms with E-state index >= 15 is 0 Å². The molecule has 0 aliphatic heterocycles. The lowest BCUT2D eigenvalue weighted by Gasteiger charge is -2.02. The molecule has 4 nitrogen and oxygen atoms in total. The summed E-state index contributed by atoms with van der Waals surface area (Å²) in [5.41, 5.74) is 0. The smallest absolute Gasteiger partial charge is 0.310 e. The van der Waals surface area contributed by atoms with Crippen molar-refractivity contribution in [1.82, 2.24) is 0 Å². The average molecular weight is 591 g/mol. The Labute approximate surface area is 261 Å². The molecule has 0 aromatic carbocycles. The summed E-state index contributed by atoms with van der Waals surface area (Å²) in [6.45, 7) is 4.54. The number of carbonyl (C=O) groups is 2. The summed E-state index contributed by atoms with van der Waals surface area (Å²) in [5.74, 6) is -0.451. The van der Waals surface area contributed by atoms with Gasteiger partial charge in [0.1, 0.15) is 0 Å². The fourth-order valence-corrected chi connectivity index (χ4v) is 5.25. The molecule has 0 heterocycles. The first-order valence-corrected chi connectivity index (χ1v) is 18.4. The highest BCUT2D eigenvalue weighted by Gasteiger charge is 2.04. The van der Waals surface area contributed by atoms with Crippen LogP contribution in [0.5, 0.6) is 0 Å². The number of hydrogen-bond acceptors (Lipinski definition) is 4. The van der Waals surface area contributed by atoms with E-state index in [0.29, 0.717) is 25.7 Å². The normalized spacial score (nSPS) is 11.6. The Morgan fingerprint density at radius 2 is 0.643 bits per heavy atom. The van der Waals surface area contributed by atoms with Crippen LogP contribution >= 0.6 is 0 Å². The number of hydrogen-bond donors (Lipinski definition) is 0. The Morgan fingerprint density at radius 3 is 0.929 bits per heavy atom. The van der Waals surface area contributed by atoms with Gasteiger partial charge in [0.2, 0.25) is 0 Å². The maximum atomic E-state index is 11.8. The highest BCUT2D eigenvalue weighted by atomic mass is 16.5. The highest BCUT2D eigenvalue weighted by Crippen LogP contribution is 2.14. The third-order valence-corrected chi connectivity index (χ3v) is 8.05. The van der Waals surface area contributed by atoms with Crippen LogP contribution in [0.1, 0.15) is 206 Å². The van der Waals surface area contributed by atoms with Crippen LogP contribution < -0.4 is 0 Å². The standard InChI is InChI=1S/C38H70O4/c1-3-5-7-9-11-13-15-17-19-21-23-25-27-31-35-41-37(39)33-29-30-34-38(40)42-36-32-28-26-24-22-20-18-16-14-12-10-8-6-4-2/h31-32,35-36H,3-30,33-34H2,1-2H3. The van der Waals surface area contributed by atoms with Gasteiger partial charge in [-0.2, -0.15) is 0 Å². The largest absolute Gasteiger partial charge is 0.435 e. The van der Waals surface area contributed by atoms with Crippen LogP contribution in [0.4, 0.5) is 0 Å².